The normalized spacial score (nSPS) is 11.2. The van der Waals surface area contributed by atoms with Gasteiger partial charge in [-0.25, -0.2) is 9.18 Å². The highest BCUT2D eigenvalue weighted by atomic mass is 19.4. The highest BCUT2D eigenvalue weighted by Gasteiger charge is 2.31. The number of hydrogen-bond acceptors (Lipinski definition) is 1. The van der Waals surface area contributed by atoms with Gasteiger partial charge in [0.05, 0.1) is 5.56 Å². The van der Waals surface area contributed by atoms with Crippen molar-refractivity contribution in [3.63, 3.8) is 0 Å². The smallest absolute Gasteiger partial charge is 0.334 e. The van der Waals surface area contributed by atoms with Crippen LogP contribution in [-0.4, -0.2) is 6.03 Å². The van der Waals surface area contributed by atoms with Crippen LogP contribution in [0.15, 0.2) is 36.4 Å². The van der Waals surface area contributed by atoms with E-state index in [2.05, 4.69) is 10.6 Å². The van der Waals surface area contributed by atoms with Crippen LogP contribution in [0.25, 0.3) is 0 Å². The Bertz CT molecular complexity index is 757. The topological polar surface area (TPSA) is 41.1 Å². The zero-order valence-electron chi connectivity index (χ0n) is 13.1. The van der Waals surface area contributed by atoms with Crippen molar-refractivity contribution in [3.05, 3.63) is 64.5 Å². The Balaban J connectivity index is 2.00. The third-order valence-electron chi connectivity index (χ3n) is 3.46. The zero-order chi connectivity index (χ0) is 17.9. The fraction of sp³-hybridized carbons (Fsp3) is 0.235. The SMILES string of the molecule is Cc1ccc(C)c(NC(=O)NCc2ccc(C(F)(F)F)cc2F)c1. The number of nitrogens with one attached hydrogen (secondary N) is 2. The van der Waals surface area contributed by atoms with Crippen molar-refractivity contribution in [1.29, 1.82) is 0 Å². The Morgan fingerprint density at radius 2 is 1.79 bits per heavy atom. The first kappa shape index (κ1) is 17.8. The second-order valence-corrected chi connectivity index (χ2v) is 5.43. The van der Waals surface area contributed by atoms with Gasteiger partial charge in [-0.05, 0) is 43.2 Å². The Morgan fingerprint density at radius 3 is 2.42 bits per heavy atom. The Kier molecular flexibility index (Phi) is 5.11. The lowest BCUT2D eigenvalue weighted by atomic mass is 10.1. The first-order valence-electron chi connectivity index (χ1n) is 7.14. The largest absolute Gasteiger partial charge is 0.416 e. The lowest BCUT2D eigenvalue weighted by Gasteiger charge is -2.12. The van der Waals surface area contributed by atoms with Crippen molar-refractivity contribution in [3.8, 4) is 0 Å². The molecule has 0 saturated carbocycles. The van der Waals surface area contributed by atoms with E-state index in [1.807, 2.05) is 26.0 Å². The Hall–Kier alpha value is -2.57. The molecule has 128 valence electrons. The van der Waals surface area contributed by atoms with Crippen LogP contribution in [0.1, 0.15) is 22.3 Å². The fourth-order valence-corrected chi connectivity index (χ4v) is 2.08. The molecule has 24 heavy (non-hydrogen) atoms. The van der Waals surface area contributed by atoms with E-state index in [0.29, 0.717) is 11.8 Å². The number of halogens is 4. The van der Waals surface area contributed by atoms with Gasteiger partial charge >= 0.3 is 12.2 Å². The molecule has 7 heteroatoms. The van der Waals surface area contributed by atoms with E-state index in [9.17, 15) is 22.4 Å². The number of alkyl halides is 3. The van der Waals surface area contributed by atoms with E-state index < -0.39 is 23.6 Å². The van der Waals surface area contributed by atoms with Gasteiger partial charge in [0.1, 0.15) is 5.82 Å². The number of aryl methyl sites for hydroxylation is 2. The van der Waals surface area contributed by atoms with Crippen molar-refractivity contribution in [2.75, 3.05) is 5.32 Å². The predicted octanol–water partition coefficient (Wildman–Crippen LogP) is 4.78. The van der Waals surface area contributed by atoms with E-state index >= 15 is 0 Å². The molecule has 2 aromatic rings. The summed E-state index contributed by atoms with van der Waals surface area (Å²) >= 11 is 0. The maximum Gasteiger partial charge on any atom is 0.416 e. The van der Waals surface area contributed by atoms with Crippen molar-refractivity contribution in [2.24, 2.45) is 0 Å². The summed E-state index contributed by atoms with van der Waals surface area (Å²) in [5.41, 5.74) is 1.34. The number of benzene rings is 2. The van der Waals surface area contributed by atoms with E-state index in [-0.39, 0.29) is 12.1 Å². The van der Waals surface area contributed by atoms with Crippen molar-refractivity contribution >= 4 is 11.7 Å². The first-order valence-corrected chi connectivity index (χ1v) is 7.14. The van der Waals surface area contributed by atoms with Crippen LogP contribution in [0.4, 0.5) is 28.0 Å². The molecule has 0 fully saturated rings. The zero-order valence-corrected chi connectivity index (χ0v) is 13.1. The van der Waals surface area contributed by atoms with Gasteiger partial charge in [-0.3, -0.25) is 0 Å². The third kappa shape index (κ3) is 4.47. The molecule has 0 aliphatic carbocycles. The number of rotatable bonds is 3. The molecule has 2 rings (SSSR count). The summed E-state index contributed by atoms with van der Waals surface area (Å²) in [5, 5.41) is 5.05. The third-order valence-corrected chi connectivity index (χ3v) is 3.46. The van der Waals surface area contributed by atoms with Gasteiger partial charge < -0.3 is 10.6 Å². The molecule has 2 N–H and O–H groups in total. The molecule has 2 amide bonds. The average Bonchev–Trinajstić information content (AvgIpc) is 2.48. The van der Waals surface area contributed by atoms with Crippen LogP contribution in [-0.2, 0) is 12.7 Å². The molecule has 0 aliphatic rings. The van der Waals surface area contributed by atoms with E-state index in [0.717, 1.165) is 23.3 Å². The molecular formula is C17H16F4N2O. The number of hydrogen-bond donors (Lipinski definition) is 2. The van der Waals surface area contributed by atoms with Crippen molar-refractivity contribution < 1.29 is 22.4 Å². The monoisotopic (exact) mass is 340 g/mol. The van der Waals surface area contributed by atoms with E-state index in [1.165, 1.54) is 0 Å². The Labute approximate surface area is 136 Å². The highest BCUT2D eigenvalue weighted by molar-refractivity contribution is 5.90. The summed E-state index contributed by atoms with van der Waals surface area (Å²) in [4.78, 5) is 11.9. The number of carbonyl (C=O) groups is 1. The summed E-state index contributed by atoms with van der Waals surface area (Å²) in [6.45, 7) is 3.48. The summed E-state index contributed by atoms with van der Waals surface area (Å²) < 4.78 is 51.1. The van der Waals surface area contributed by atoms with Gasteiger partial charge in [0.2, 0.25) is 0 Å². The molecule has 0 heterocycles. The highest BCUT2D eigenvalue weighted by Crippen LogP contribution is 2.30. The second-order valence-electron chi connectivity index (χ2n) is 5.43. The molecule has 0 bridgehead atoms. The van der Waals surface area contributed by atoms with Crippen LogP contribution < -0.4 is 10.6 Å². The standard InChI is InChI=1S/C17H16F4N2O/c1-10-3-4-11(2)15(7-10)23-16(24)22-9-12-5-6-13(8-14(12)18)17(19,20)21/h3-8H,9H2,1-2H3,(H2,22,23,24). The minimum Gasteiger partial charge on any atom is -0.334 e. The lowest BCUT2D eigenvalue weighted by molar-refractivity contribution is -0.137. The van der Waals surface area contributed by atoms with Crippen molar-refractivity contribution in [1.82, 2.24) is 5.32 Å². The number of amides is 2. The van der Waals surface area contributed by atoms with Gasteiger partial charge in [-0.2, -0.15) is 13.2 Å². The van der Waals surface area contributed by atoms with Gasteiger partial charge in [0.25, 0.3) is 0 Å². The molecule has 2 aromatic carbocycles. The summed E-state index contributed by atoms with van der Waals surface area (Å²) in [6, 6.07) is 7.17. The summed E-state index contributed by atoms with van der Waals surface area (Å²) in [5.74, 6) is -1.02. The minimum atomic E-state index is -4.60. The van der Waals surface area contributed by atoms with Crippen molar-refractivity contribution in [2.45, 2.75) is 26.6 Å². The number of carbonyl (C=O) groups excluding carboxylic acids is 1. The lowest BCUT2D eigenvalue weighted by Crippen LogP contribution is -2.29. The quantitative estimate of drug-likeness (QED) is 0.776. The van der Waals surface area contributed by atoms with E-state index in [1.54, 1.807) is 6.07 Å². The summed E-state index contributed by atoms with van der Waals surface area (Å²) in [7, 11) is 0. The van der Waals surface area contributed by atoms with Gasteiger partial charge in [-0.1, -0.05) is 18.2 Å². The molecule has 0 aliphatic heterocycles. The predicted molar refractivity (Wildman–Crippen MR) is 83.2 cm³/mol. The maximum absolute atomic E-state index is 13.7. The first-order chi connectivity index (χ1) is 11.2. The molecule has 0 atom stereocenters. The fourth-order valence-electron chi connectivity index (χ4n) is 2.08. The van der Waals surface area contributed by atoms with Gasteiger partial charge in [-0.15, -0.1) is 0 Å². The maximum atomic E-state index is 13.7. The second kappa shape index (κ2) is 6.90. The molecule has 3 nitrogen and oxygen atoms in total. The van der Waals surface area contributed by atoms with Crippen LogP contribution in [0, 0.1) is 19.7 Å². The molecule has 0 radical (unpaired) electrons. The molecule has 0 spiro atoms. The molecule has 0 aromatic heterocycles. The van der Waals surface area contributed by atoms with Gasteiger partial charge in [0, 0.05) is 17.8 Å². The average molecular weight is 340 g/mol. The van der Waals surface area contributed by atoms with Crippen LogP contribution in [0.3, 0.4) is 0 Å². The Morgan fingerprint density at radius 1 is 1.08 bits per heavy atom. The summed E-state index contributed by atoms with van der Waals surface area (Å²) in [6.07, 6.45) is -4.60. The number of urea groups is 1. The molecular weight excluding hydrogens is 324 g/mol. The van der Waals surface area contributed by atoms with Crippen LogP contribution in [0.5, 0.6) is 0 Å². The van der Waals surface area contributed by atoms with Crippen LogP contribution >= 0.6 is 0 Å². The molecule has 0 saturated heterocycles. The van der Waals surface area contributed by atoms with Crippen LogP contribution in [0.2, 0.25) is 0 Å². The minimum absolute atomic E-state index is 0.0286. The van der Waals surface area contributed by atoms with E-state index in [4.69, 9.17) is 0 Å². The molecule has 0 unspecified atom stereocenters. The number of anilines is 1. The van der Waals surface area contributed by atoms with Gasteiger partial charge in [0.15, 0.2) is 0 Å².